The zero-order chi connectivity index (χ0) is 14.8. The number of alkyl halides is 3. The lowest BCUT2D eigenvalue weighted by Crippen LogP contribution is -2.19. The Labute approximate surface area is 110 Å². The van der Waals surface area contributed by atoms with Crippen molar-refractivity contribution < 1.29 is 21.6 Å². The second-order valence-corrected chi connectivity index (χ2v) is 6.73. The maximum Gasteiger partial charge on any atom is 0.416 e. The first-order chi connectivity index (χ1) is 8.60. The summed E-state index contributed by atoms with van der Waals surface area (Å²) in [6, 6.07) is 2.33. The van der Waals surface area contributed by atoms with E-state index in [9.17, 15) is 21.6 Å². The zero-order valence-corrected chi connectivity index (χ0v) is 11.5. The van der Waals surface area contributed by atoms with Crippen LogP contribution < -0.4 is 5.73 Å². The third-order valence-electron chi connectivity index (χ3n) is 2.87. The molecule has 1 rings (SSSR count). The van der Waals surface area contributed by atoms with E-state index < -0.39 is 26.8 Å². The SMILES string of the molecule is CCCC(C)S(=O)(=O)c1ccc(C(F)(F)F)cc1N. The molecule has 0 spiro atoms. The van der Waals surface area contributed by atoms with Crippen molar-refractivity contribution in [2.75, 3.05) is 5.73 Å². The van der Waals surface area contributed by atoms with Gasteiger partial charge in [-0.15, -0.1) is 0 Å². The number of anilines is 1. The van der Waals surface area contributed by atoms with Crippen molar-refractivity contribution in [1.82, 2.24) is 0 Å². The van der Waals surface area contributed by atoms with Gasteiger partial charge >= 0.3 is 6.18 Å². The highest BCUT2D eigenvalue weighted by molar-refractivity contribution is 7.92. The minimum Gasteiger partial charge on any atom is -0.398 e. The molecule has 19 heavy (non-hydrogen) atoms. The van der Waals surface area contributed by atoms with E-state index in [1.807, 2.05) is 6.92 Å². The average Bonchev–Trinajstić information content (AvgIpc) is 2.27. The Balaban J connectivity index is 3.24. The van der Waals surface area contributed by atoms with Crippen molar-refractivity contribution in [3.05, 3.63) is 23.8 Å². The van der Waals surface area contributed by atoms with Crippen LogP contribution in [0, 0.1) is 0 Å². The topological polar surface area (TPSA) is 60.2 Å². The summed E-state index contributed by atoms with van der Waals surface area (Å²) in [4.78, 5) is -0.235. The molecule has 0 aliphatic rings. The van der Waals surface area contributed by atoms with Crippen LogP contribution in [0.5, 0.6) is 0 Å². The van der Waals surface area contributed by atoms with Gasteiger partial charge in [-0.05, 0) is 31.5 Å². The second-order valence-electron chi connectivity index (χ2n) is 4.39. The molecule has 7 heteroatoms. The normalized spacial score (nSPS) is 14.4. The van der Waals surface area contributed by atoms with Gasteiger partial charge in [-0.2, -0.15) is 13.2 Å². The Morgan fingerprint density at radius 3 is 2.32 bits per heavy atom. The first kappa shape index (κ1) is 15.8. The molecular weight excluding hydrogens is 279 g/mol. The first-order valence-electron chi connectivity index (χ1n) is 5.81. The number of halogens is 3. The summed E-state index contributed by atoms with van der Waals surface area (Å²) >= 11 is 0. The Kier molecular flexibility index (Phi) is 4.50. The van der Waals surface area contributed by atoms with E-state index >= 15 is 0 Å². The largest absolute Gasteiger partial charge is 0.416 e. The molecule has 0 saturated carbocycles. The summed E-state index contributed by atoms with van der Waals surface area (Å²) in [5.41, 5.74) is 4.14. The Morgan fingerprint density at radius 2 is 1.89 bits per heavy atom. The number of benzene rings is 1. The van der Waals surface area contributed by atoms with E-state index in [-0.39, 0.29) is 10.6 Å². The number of hydrogen-bond acceptors (Lipinski definition) is 3. The van der Waals surface area contributed by atoms with Crippen LogP contribution in [0.1, 0.15) is 32.3 Å². The molecule has 1 atom stereocenters. The fraction of sp³-hybridized carbons (Fsp3) is 0.500. The van der Waals surface area contributed by atoms with Crippen molar-refractivity contribution in [2.24, 2.45) is 0 Å². The van der Waals surface area contributed by atoms with Crippen LogP contribution in [0.15, 0.2) is 23.1 Å². The maximum absolute atomic E-state index is 12.5. The van der Waals surface area contributed by atoms with Crippen LogP contribution in [0.2, 0.25) is 0 Å². The number of hydrogen-bond donors (Lipinski definition) is 1. The smallest absolute Gasteiger partial charge is 0.398 e. The molecule has 1 aromatic carbocycles. The molecule has 0 radical (unpaired) electrons. The Bertz CT molecular complexity index is 553. The zero-order valence-electron chi connectivity index (χ0n) is 10.7. The van der Waals surface area contributed by atoms with Crippen molar-refractivity contribution in [3.8, 4) is 0 Å². The molecule has 2 N–H and O–H groups in total. The minimum absolute atomic E-state index is 0.235. The molecule has 0 fully saturated rings. The van der Waals surface area contributed by atoms with Gasteiger partial charge in [0.2, 0.25) is 0 Å². The number of nitrogen functional groups attached to an aromatic ring is 1. The predicted octanol–water partition coefficient (Wildman–Crippen LogP) is 3.25. The van der Waals surface area contributed by atoms with Crippen molar-refractivity contribution in [3.63, 3.8) is 0 Å². The summed E-state index contributed by atoms with van der Waals surface area (Å²) in [5, 5.41) is -0.670. The quantitative estimate of drug-likeness (QED) is 0.867. The molecule has 1 unspecified atom stereocenters. The van der Waals surface area contributed by atoms with E-state index in [4.69, 9.17) is 5.73 Å². The van der Waals surface area contributed by atoms with Gasteiger partial charge in [0.1, 0.15) is 0 Å². The fourth-order valence-corrected chi connectivity index (χ4v) is 3.39. The van der Waals surface area contributed by atoms with E-state index in [1.165, 1.54) is 6.92 Å². The lowest BCUT2D eigenvalue weighted by molar-refractivity contribution is -0.137. The molecule has 0 aromatic heterocycles. The van der Waals surface area contributed by atoms with Crippen molar-refractivity contribution in [2.45, 2.75) is 43.0 Å². The molecular formula is C12H16F3NO2S. The molecule has 0 saturated heterocycles. The van der Waals surface area contributed by atoms with E-state index in [2.05, 4.69) is 0 Å². The van der Waals surface area contributed by atoms with Crippen LogP contribution in [0.4, 0.5) is 18.9 Å². The Morgan fingerprint density at radius 1 is 1.32 bits per heavy atom. The molecule has 3 nitrogen and oxygen atoms in total. The molecule has 0 aliphatic heterocycles. The van der Waals surface area contributed by atoms with Crippen LogP contribution in [-0.2, 0) is 16.0 Å². The molecule has 0 heterocycles. The van der Waals surface area contributed by atoms with Gasteiger partial charge in [0.05, 0.1) is 21.4 Å². The Hall–Kier alpha value is -1.24. The van der Waals surface area contributed by atoms with Gasteiger partial charge in [-0.1, -0.05) is 13.3 Å². The first-order valence-corrected chi connectivity index (χ1v) is 7.36. The highest BCUT2D eigenvalue weighted by atomic mass is 32.2. The molecule has 0 aliphatic carbocycles. The third kappa shape index (κ3) is 3.40. The van der Waals surface area contributed by atoms with Gasteiger partial charge in [0.15, 0.2) is 9.84 Å². The molecule has 108 valence electrons. The standard InChI is InChI=1S/C12H16F3NO2S/c1-3-4-8(2)19(17,18)11-6-5-9(7-10(11)16)12(13,14)15/h5-8H,3-4,16H2,1-2H3. The van der Waals surface area contributed by atoms with E-state index in [0.29, 0.717) is 18.9 Å². The van der Waals surface area contributed by atoms with E-state index in [1.54, 1.807) is 0 Å². The number of rotatable bonds is 4. The lowest BCUT2D eigenvalue weighted by Gasteiger charge is -2.15. The van der Waals surface area contributed by atoms with E-state index in [0.717, 1.165) is 12.1 Å². The fourth-order valence-electron chi connectivity index (χ4n) is 1.76. The lowest BCUT2D eigenvalue weighted by atomic mass is 10.2. The summed E-state index contributed by atoms with van der Waals surface area (Å²) in [7, 11) is -3.69. The highest BCUT2D eigenvalue weighted by Crippen LogP contribution is 2.33. The van der Waals surface area contributed by atoms with Gasteiger partial charge < -0.3 is 5.73 Å². The van der Waals surface area contributed by atoms with Crippen LogP contribution >= 0.6 is 0 Å². The summed E-state index contributed by atoms with van der Waals surface area (Å²) in [6.45, 7) is 3.36. The minimum atomic E-state index is -4.54. The summed E-state index contributed by atoms with van der Waals surface area (Å²) in [5.74, 6) is 0. The van der Waals surface area contributed by atoms with Gasteiger partial charge in [-0.25, -0.2) is 8.42 Å². The average molecular weight is 295 g/mol. The third-order valence-corrected chi connectivity index (χ3v) is 5.15. The van der Waals surface area contributed by atoms with Crippen molar-refractivity contribution >= 4 is 15.5 Å². The maximum atomic E-state index is 12.5. The second kappa shape index (κ2) is 5.40. The summed E-state index contributed by atoms with van der Waals surface area (Å²) < 4.78 is 61.7. The van der Waals surface area contributed by atoms with Crippen LogP contribution in [-0.4, -0.2) is 13.7 Å². The molecule has 0 amide bonds. The number of sulfone groups is 1. The predicted molar refractivity (Wildman–Crippen MR) is 67.4 cm³/mol. The number of nitrogens with two attached hydrogens (primary N) is 1. The van der Waals surface area contributed by atoms with Crippen LogP contribution in [0.25, 0.3) is 0 Å². The van der Waals surface area contributed by atoms with Gasteiger partial charge in [-0.3, -0.25) is 0 Å². The molecule has 0 bridgehead atoms. The van der Waals surface area contributed by atoms with Gasteiger partial charge in [0, 0.05) is 0 Å². The van der Waals surface area contributed by atoms with Gasteiger partial charge in [0.25, 0.3) is 0 Å². The van der Waals surface area contributed by atoms with Crippen LogP contribution in [0.3, 0.4) is 0 Å². The van der Waals surface area contributed by atoms with Crippen molar-refractivity contribution in [1.29, 1.82) is 0 Å². The summed E-state index contributed by atoms with van der Waals surface area (Å²) in [6.07, 6.45) is -3.44. The monoisotopic (exact) mass is 295 g/mol. The molecule has 1 aromatic rings. The highest BCUT2D eigenvalue weighted by Gasteiger charge is 2.32.